The number of aldehydes is 1. The fraction of sp³-hybridized carbons (Fsp3) is 0.200. The van der Waals surface area contributed by atoms with Crippen LogP contribution < -0.4 is 15.0 Å². The van der Waals surface area contributed by atoms with Crippen LogP contribution in [0.15, 0.2) is 66.7 Å². The van der Waals surface area contributed by atoms with Crippen LogP contribution in [0.4, 0.5) is 5.69 Å². The number of anilines is 1. The molecular weight excluding hydrogens is 388 g/mol. The summed E-state index contributed by atoms with van der Waals surface area (Å²) in [4.78, 5) is 18.4. The van der Waals surface area contributed by atoms with E-state index in [0.29, 0.717) is 11.6 Å². The number of benzene rings is 3. The van der Waals surface area contributed by atoms with Crippen molar-refractivity contribution >= 4 is 23.0 Å². The number of fused-ring (bicyclic) bond motifs is 1. The number of carbonyl (C=O) groups is 1. The zero-order chi connectivity index (χ0) is 21.2. The number of aromatic nitrogens is 2. The number of aryl methyl sites for hydroxylation is 1. The van der Waals surface area contributed by atoms with Crippen molar-refractivity contribution in [3.63, 3.8) is 0 Å². The molecule has 0 spiro atoms. The van der Waals surface area contributed by atoms with Crippen molar-refractivity contribution in [3.8, 4) is 17.4 Å². The Morgan fingerprint density at radius 1 is 1.00 bits per heavy atom. The molecule has 31 heavy (non-hydrogen) atoms. The second-order valence-electron chi connectivity index (χ2n) is 7.74. The summed E-state index contributed by atoms with van der Waals surface area (Å²) in [6.45, 7) is 5.85. The largest absolute Gasteiger partial charge is 0.423 e. The summed E-state index contributed by atoms with van der Waals surface area (Å²) in [5, 5.41) is 3.40. The number of ether oxygens (including phenoxy) is 1. The molecule has 1 aliphatic rings. The minimum absolute atomic E-state index is 0.476. The van der Waals surface area contributed by atoms with E-state index in [1.807, 2.05) is 47.0 Å². The third-order valence-corrected chi connectivity index (χ3v) is 5.57. The number of rotatable bonds is 5. The molecule has 1 aliphatic heterocycles. The Morgan fingerprint density at radius 3 is 2.58 bits per heavy atom. The highest BCUT2D eigenvalue weighted by atomic mass is 16.5. The lowest BCUT2D eigenvalue weighted by molar-refractivity contribution is 0.112. The highest BCUT2D eigenvalue weighted by Crippen LogP contribution is 2.36. The zero-order valence-corrected chi connectivity index (χ0v) is 17.4. The third kappa shape index (κ3) is 3.78. The van der Waals surface area contributed by atoms with E-state index in [1.165, 1.54) is 5.56 Å². The molecular formula is C25H24N4O2. The van der Waals surface area contributed by atoms with Gasteiger partial charge in [0, 0.05) is 31.7 Å². The highest BCUT2D eigenvalue weighted by molar-refractivity contribution is 5.86. The Bertz CT molecular complexity index is 1230. The molecule has 6 heteroatoms. The second-order valence-corrected chi connectivity index (χ2v) is 7.74. The van der Waals surface area contributed by atoms with Crippen molar-refractivity contribution in [1.29, 1.82) is 0 Å². The maximum atomic E-state index is 11.3. The minimum Gasteiger partial charge on any atom is -0.423 e. The van der Waals surface area contributed by atoms with Crippen molar-refractivity contribution in [2.75, 3.05) is 31.1 Å². The Labute approximate surface area is 181 Å². The lowest BCUT2D eigenvalue weighted by atomic mass is 10.1. The monoisotopic (exact) mass is 412 g/mol. The molecule has 2 heterocycles. The predicted molar refractivity (Wildman–Crippen MR) is 123 cm³/mol. The number of imidazole rings is 1. The van der Waals surface area contributed by atoms with Gasteiger partial charge in [-0.05, 0) is 55.0 Å². The molecule has 1 N–H and O–H groups in total. The van der Waals surface area contributed by atoms with Crippen molar-refractivity contribution in [2.24, 2.45) is 0 Å². The van der Waals surface area contributed by atoms with Crippen LogP contribution in [0.1, 0.15) is 15.9 Å². The number of hydrogen-bond acceptors (Lipinski definition) is 5. The summed E-state index contributed by atoms with van der Waals surface area (Å²) in [5.74, 6) is 0.774. The van der Waals surface area contributed by atoms with E-state index in [1.54, 1.807) is 12.1 Å². The number of para-hydroxylation sites is 1. The van der Waals surface area contributed by atoms with Crippen LogP contribution in [-0.2, 0) is 0 Å². The molecule has 1 fully saturated rings. The Balaban J connectivity index is 1.63. The molecule has 3 aromatic carbocycles. The third-order valence-electron chi connectivity index (χ3n) is 5.57. The van der Waals surface area contributed by atoms with E-state index in [4.69, 9.17) is 9.72 Å². The molecule has 0 aliphatic carbocycles. The van der Waals surface area contributed by atoms with Crippen molar-refractivity contribution < 1.29 is 9.53 Å². The first kappa shape index (κ1) is 19.3. The SMILES string of the molecule is Cc1ccc(Oc2nc3cc(C=O)ccc3n2-c2ccccc2)c(N2CCNCC2)c1. The van der Waals surface area contributed by atoms with Gasteiger partial charge in [0.15, 0.2) is 5.75 Å². The van der Waals surface area contributed by atoms with E-state index in [0.717, 1.165) is 60.6 Å². The van der Waals surface area contributed by atoms with Gasteiger partial charge in [-0.1, -0.05) is 24.3 Å². The van der Waals surface area contributed by atoms with Gasteiger partial charge in [-0.2, -0.15) is 4.98 Å². The van der Waals surface area contributed by atoms with E-state index in [2.05, 4.69) is 29.3 Å². The molecule has 0 saturated carbocycles. The number of hydrogen-bond donors (Lipinski definition) is 1. The summed E-state index contributed by atoms with van der Waals surface area (Å²) in [5.41, 5.74) is 5.42. The first-order chi connectivity index (χ1) is 15.2. The maximum Gasteiger partial charge on any atom is 0.307 e. The van der Waals surface area contributed by atoms with Gasteiger partial charge in [0.05, 0.1) is 22.4 Å². The second kappa shape index (κ2) is 8.24. The molecule has 0 atom stereocenters. The molecule has 1 saturated heterocycles. The van der Waals surface area contributed by atoms with E-state index in [-0.39, 0.29) is 0 Å². The van der Waals surface area contributed by atoms with Crippen LogP contribution in [0.3, 0.4) is 0 Å². The lowest BCUT2D eigenvalue weighted by Crippen LogP contribution is -2.43. The average Bonchev–Trinajstić information content (AvgIpc) is 3.18. The van der Waals surface area contributed by atoms with E-state index < -0.39 is 0 Å². The summed E-state index contributed by atoms with van der Waals surface area (Å²) in [7, 11) is 0. The summed E-state index contributed by atoms with van der Waals surface area (Å²) < 4.78 is 8.45. The number of nitrogens with one attached hydrogen (secondary N) is 1. The predicted octanol–water partition coefficient (Wildman–Crippen LogP) is 4.35. The first-order valence-electron chi connectivity index (χ1n) is 10.5. The fourth-order valence-electron chi connectivity index (χ4n) is 4.01. The van der Waals surface area contributed by atoms with Crippen molar-refractivity contribution in [3.05, 3.63) is 77.9 Å². The summed E-state index contributed by atoms with van der Waals surface area (Å²) >= 11 is 0. The molecule has 156 valence electrons. The Hall–Kier alpha value is -3.64. The quantitative estimate of drug-likeness (QED) is 0.494. The molecule has 4 aromatic rings. The van der Waals surface area contributed by atoms with Gasteiger partial charge < -0.3 is 15.0 Å². The fourth-order valence-corrected chi connectivity index (χ4v) is 4.01. The van der Waals surface area contributed by atoms with Gasteiger partial charge in [-0.15, -0.1) is 0 Å². The molecule has 0 bridgehead atoms. The van der Waals surface area contributed by atoms with Crippen LogP contribution in [0.25, 0.3) is 16.7 Å². The maximum absolute atomic E-state index is 11.3. The van der Waals surface area contributed by atoms with Gasteiger partial charge >= 0.3 is 6.01 Å². The topological polar surface area (TPSA) is 59.4 Å². The van der Waals surface area contributed by atoms with Crippen LogP contribution in [0.5, 0.6) is 11.8 Å². The molecule has 0 unspecified atom stereocenters. The van der Waals surface area contributed by atoms with Crippen LogP contribution in [-0.4, -0.2) is 42.0 Å². The van der Waals surface area contributed by atoms with Gasteiger partial charge in [-0.25, -0.2) is 0 Å². The number of nitrogens with zero attached hydrogens (tertiary/aromatic N) is 3. The van der Waals surface area contributed by atoms with Crippen LogP contribution >= 0.6 is 0 Å². The molecule has 1 aromatic heterocycles. The highest BCUT2D eigenvalue weighted by Gasteiger charge is 2.20. The van der Waals surface area contributed by atoms with Crippen molar-refractivity contribution in [1.82, 2.24) is 14.9 Å². The Morgan fingerprint density at radius 2 is 1.81 bits per heavy atom. The number of piperazine rings is 1. The zero-order valence-electron chi connectivity index (χ0n) is 17.4. The molecule has 0 amide bonds. The van der Waals surface area contributed by atoms with Crippen LogP contribution in [0.2, 0.25) is 0 Å². The summed E-state index contributed by atoms with van der Waals surface area (Å²) in [6, 6.07) is 22.2. The standard InChI is InChI=1S/C25H24N4O2/c1-18-7-10-24(23(15-18)28-13-11-26-12-14-28)31-25-27-21-16-19(17-30)8-9-22(21)29(25)20-5-3-2-4-6-20/h2-10,15-17,26H,11-14H2,1H3. The normalized spacial score (nSPS) is 14.0. The van der Waals surface area contributed by atoms with Gasteiger partial charge in [-0.3, -0.25) is 9.36 Å². The first-order valence-corrected chi connectivity index (χ1v) is 10.5. The molecule has 0 radical (unpaired) electrons. The van der Waals surface area contributed by atoms with Crippen molar-refractivity contribution in [2.45, 2.75) is 6.92 Å². The lowest BCUT2D eigenvalue weighted by Gasteiger charge is -2.31. The average molecular weight is 412 g/mol. The Kier molecular flexibility index (Phi) is 5.14. The van der Waals surface area contributed by atoms with Gasteiger partial charge in [0.2, 0.25) is 0 Å². The smallest absolute Gasteiger partial charge is 0.307 e. The van der Waals surface area contributed by atoms with Gasteiger partial charge in [0.25, 0.3) is 0 Å². The van der Waals surface area contributed by atoms with Gasteiger partial charge in [0.1, 0.15) is 6.29 Å². The number of carbonyl (C=O) groups excluding carboxylic acids is 1. The minimum atomic E-state index is 0.476. The summed E-state index contributed by atoms with van der Waals surface area (Å²) in [6.07, 6.45) is 0.837. The molecule has 5 rings (SSSR count). The molecule has 6 nitrogen and oxygen atoms in total. The van der Waals surface area contributed by atoms with E-state index >= 15 is 0 Å². The van der Waals surface area contributed by atoms with E-state index in [9.17, 15) is 4.79 Å². The van der Waals surface area contributed by atoms with Crippen LogP contribution in [0, 0.1) is 6.92 Å².